The second kappa shape index (κ2) is 11.8. The zero-order chi connectivity index (χ0) is 25.7. The molecule has 1 fully saturated rings. The predicted octanol–water partition coefficient (Wildman–Crippen LogP) is 2.95. The highest BCUT2D eigenvalue weighted by Crippen LogP contribution is 2.25. The summed E-state index contributed by atoms with van der Waals surface area (Å²) in [4.78, 5) is 32.1. The minimum Gasteiger partial charge on any atom is -0.491 e. The molecule has 0 saturated carbocycles. The van der Waals surface area contributed by atoms with Gasteiger partial charge in [-0.15, -0.1) is 11.3 Å². The van der Waals surface area contributed by atoms with Crippen LogP contribution in [-0.4, -0.2) is 83.2 Å². The van der Waals surface area contributed by atoms with E-state index < -0.39 is 6.10 Å². The SMILES string of the molecule is Cc1nc2cc(OCC(O)CN3CC(C)N(CC(=O)Nc4ccc(NC=O)cc4)C(C)C3)ccc2s1. The minimum absolute atomic E-state index is 0.0843. The number of amides is 2. The van der Waals surface area contributed by atoms with Crippen molar-refractivity contribution in [1.82, 2.24) is 14.8 Å². The third-order valence-corrected chi connectivity index (χ3v) is 7.23. The number of β-amino-alcohol motifs (C(OH)–C–C–N with tert-alkyl or cyclic N) is 1. The molecular weight excluding hydrogens is 478 g/mol. The third-order valence-electron chi connectivity index (χ3n) is 6.27. The Balaban J connectivity index is 1.23. The van der Waals surface area contributed by atoms with Crippen molar-refractivity contribution in [3.05, 3.63) is 47.5 Å². The quantitative estimate of drug-likeness (QED) is 0.359. The van der Waals surface area contributed by atoms with E-state index in [0.717, 1.165) is 28.3 Å². The van der Waals surface area contributed by atoms with Gasteiger partial charge in [-0.05, 0) is 57.2 Å². The largest absolute Gasteiger partial charge is 0.491 e. The molecule has 1 aliphatic rings. The molecule has 9 nitrogen and oxygen atoms in total. The summed E-state index contributed by atoms with van der Waals surface area (Å²) in [7, 11) is 0. The number of benzene rings is 2. The summed E-state index contributed by atoms with van der Waals surface area (Å²) in [6, 6.07) is 13.1. The number of aryl methyl sites for hydroxylation is 1. The molecule has 3 aromatic rings. The molecule has 1 aliphatic heterocycles. The number of anilines is 2. The lowest BCUT2D eigenvalue weighted by molar-refractivity contribution is -0.119. The molecule has 1 aromatic heterocycles. The fourth-order valence-corrected chi connectivity index (χ4v) is 5.47. The van der Waals surface area contributed by atoms with Gasteiger partial charge in [-0.1, -0.05) is 0 Å². The van der Waals surface area contributed by atoms with Crippen LogP contribution in [0.15, 0.2) is 42.5 Å². The van der Waals surface area contributed by atoms with Gasteiger partial charge < -0.3 is 20.5 Å². The molecule has 0 aliphatic carbocycles. The number of hydrogen-bond donors (Lipinski definition) is 3. The highest BCUT2D eigenvalue weighted by molar-refractivity contribution is 7.18. The summed E-state index contributed by atoms with van der Waals surface area (Å²) in [5.41, 5.74) is 2.27. The van der Waals surface area contributed by atoms with Gasteiger partial charge in [-0.25, -0.2) is 4.98 Å². The maximum Gasteiger partial charge on any atom is 0.238 e. The van der Waals surface area contributed by atoms with E-state index >= 15 is 0 Å². The van der Waals surface area contributed by atoms with Crippen LogP contribution < -0.4 is 15.4 Å². The molecule has 3 N–H and O–H groups in total. The van der Waals surface area contributed by atoms with Gasteiger partial charge in [0.15, 0.2) is 0 Å². The molecule has 2 heterocycles. The fourth-order valence-electron chi connectivity index (χ4n) is 4.67. The average molecular weight is 512 g/mol. The monoisotopic (exact) mass is 511 g/mol. The first-order valence-electron chi connectivity index (χ1n) is 12.1. The van der Waals surface area contributed by atoms with Gasteiger partial charge in [0.05, 0.1) is 21.8 Å². The molecule has 4 rings (SSSR count). The second-order valence-electron chi connectivity index (χ2n) is 9.30. The minimum atomic E-state index is -0.621. The highest BCUT2D eigenvalue weighted by atomic mass is 32.1. The molecule has 0 bridgehead atoms. The smallest absolute Gasteiger partial charge is 0.238 e. The lowest BCUT2D eigenvalue weighted by Crippen LogP contribution is -2.59. The first-order chi connectivity index (χ1) is 17.3. The van der Waals surface area contributed by atoms with Crippen molar-refractivity contribution in [2.75, 3.05) is 43.4 Å². The Hall–Kier alpha value is -3.05. The molecule has 0 spiro atoms. The molecule has 36 heavy (non-hydrogen) atoms. The maximum absolute atomic E-state index is 12.6. The lowest BCUT2D eigenvalue weighted by Gasteiger charge is -2.44. The number of piperazine rings is 1. The van der Waals surface area contributed by atoms with Gasteiger partial charge in [-0.3, -0.25) is 19.4 Å². The standard InChI is InChI=1S/C26H33N5O4S/c1-17-11-30(13-22(33)15-35-23-8-9-25-24(10-23)28-19(3)36-25)12-18(2)31(17)14-26(34)29-21-6-4-20(5-7-21)27-16-32/h4-10,16-18,22,33H,11-15H2,1-3H3,(H,27,32)(H,29,34). The van der Waals surface area contributed by atoms with Crippen LogP contribution in [0.1, 0.15) is 18.9 Å². The van der Waals surface area contributed by atoms with Crippen molar-refractivity contribution < 1.29 is 19.4 Å². The molecule has 3 atom stereocenters. The van der Waals surface area contributed by atoms with Crippen molar-refractivity contribution in [3.63, 3.8) is 0 Å². The molecule has 1 saturated heterocycles. The van der Waals surface area contributed by atoms with Crippen molar-refractivity contribution in [2.24, 2.45) is 0 Å². The van der Waals surface area contributed by atoms with E-state index in [2.05, 4.69) is 39.3 Å². The summed E-state index contributed by atoms with van der Waals surface area (Å²) in [6.45, 7) is 8.70. The first kappa shape index (κ1) is 26.0. The van der Waals surface area contributed by atoms with E-state index in [-0.39, 0.29) is 31.1 Å². The van der Waals surface area contributed by atoms with Crippen molar-refractivity contribution in [3.8, 4) is 5.75 Å². The number of aliphatic hydroxyl groups excluding tert-OH is 1. The van der Waals surface area contributed by atoms with E-state index in [1.54, 1.807) is 35.6 Å². The van der Waals surface area contributed by atoms with Gasteiger partial charge in [0, 0.05) is 49.2 Å². The van der Waals surface area contributed by atoms with E-state index in [4.69, 9.17) is 4.74 Å². The maximum atomic E-state index is 12.6. The zero-order valence-corrected chi connectivity index (χ0v) is 21.6. The van der Waals surface area contributed by atoms with Crippen molar-refractivity contribution in [1.29, 1.82) is 0 Å². The number of aromatic nitrogens is 1. The fraction of sp³-hybridized carbons (Fsp3) is 0.423. The number of rotatable bonds is 10. The summed E-state index contributed by atoms with van der Waals surface area (Å²) < 4.78 is 6.96. The molecule has 0 radical (unpaired) electrons. The summed E-state index contributed by atoms with van der Waals surface area (Å²) in [5, 5.41) is 17.1. The van der Waals surface area contributed by atoms with E-state index in [0.29, 0.717) is 30.1 Å². The Bertz CT molecular complexity index is 1170. The number of hydrogen-bond acceptors (Lipinski definition) is 8. The van der Waals surface area contributed by atoms with Crippen LogP contribution in [0.2, 0.25) is 0 Å². The highest BCUT2D eigenvalue weighted by Gasteiger charge is 2.31. The van der Waals surface area contributed by atoms with Crippen LogP contribution in [0.25, 0.3) is 10.2 Å². The normalized spacial score (nSPS) is 19.7. The Morgan fingerprint density at radius 1 is 1.19 bits per heavy atom. The van der Waals surface area contributed by atoms with Crippen LogP contribution in [0.4, 0.5) is 11.4 Å². The first-order valence-corrected chi connectivity index (χ1v) is 12.9. The molecule has 3 unspecified atom stereocenters. The van der Waals surface area contributed by atoms with Crippen LogP contribution in [0.3, 0.4) is 0 Å². The van der Waals surface area contributed by atoms with Crippen molar-refractivity contribution in [2.45, 2.75) is 39.0 Å². The number of nitrogens with zero attached hydrogens (tertiary/aromatic N) is 3. The Morgan fingerprint density at radius 2 is 1.89 bits per heavy atom. The van der Waals surface area contributed by atoms with Crippen LogP contribution in [0, 0.1) is 6.92 Å². The molecule has 192 valence electrons. The summed E-state index contributed by atoms with van der Waals surface area (Å²) in [6.07, 6.45) is -0.00475. The Labute approximate surface area is 215 Å². The van der Waals surface area contributed by atoms with Crippen LogP contribution in [-0.2, 0) is 9.59 Å². The molecule has 10 heteroatoms. The van der Waals surface area contributed by atoms with Gasteiger partial charge in [0.25, 0.3) is 0 Å². The second-order valence-corrected chi connectivity index (χ2v) is 10.5. The van der Waals surface area contributed by atoms with Crippen molar-refractivity contribution >= 4 is 45.2 Å². The summed E-state index contributed by atoms with van der Waals surface area (Å²) >= 11 is 1.65. The number of aliphatic hydroxyl groups is 1. The Morgan fingerprint density at radius 3 is 2.58 bits per heavy atom. The number of carbonyl (C=O) groups excluding carboxylic acids is 2. The van der Waals surface area contributed by atoms with Crippen LogP contribution in [0.5, 0.6) is 5.75 Å². The number of carbonyl (C=O) groups is 2. The zero-order valence-electron chi connectivity index (χ0n) is 20.8. The van der Waals surface area contributed by atoms with Crippen LogP contribution >= 0.6 is 11.3 Å². The molecule has 2 aromatic carbocycles. The number of nitrogens with one attached hydrogen (secondary N) is 2. The van der Waals surface area contributed by atoms with Gasteiger partial charge in [-0.2, -0.15) is 0 Å². The van der Waals surface area contributed by atoms with Gasteiger partial charge in [0.2, 0.25) is 12.3 Å². The lowest BCUT2D eigenvalue weighted by atomic mass is 10.1. The summed E-state index contributed by atoms with van der Waals surface area (Å²) in [5.74, 6) is 0.623. The molecular formula is C26H33N5O4S. The topological polar surface area (TPSA) is 107 Å². The predicted molar refractivity (Wildman–Crippen MR) is 143 cm³/mol. The Kier molecular flexibility index (Phi) is 8.52. The molecule has 2 amide bonds. The van der Waals surface area contributed by atoms with E-state index in [1.165, 1.54) is 0 Å². The van der Waals surface area contributed by atoms with Gasteiger partial charge in [0.1, 0.15) is 18.5 Å². The number of fused-ring (bicyclic) bond motifs is 1. The van der Waals surface area contributed by atoms with E-state index in [9.17, 15) is 14.7 Å². The number of ether oxygens (including phenoxy) is 1. The number of thiazole rings is 1. The van der Waals surface area contributed by atoms with Gasteiger partial charge >= 0.3 is 0 Å². The average Bonchev–Trinajstić information content (AvgIpc) is 3.21. The van der Waals surface area contributed by atoms with E-state index in [1.807, 2.05) is 25.1 Å². The third kappa shape index (κ3) is 6.79.